The predicted molar refractivity (Wildman–Crippen MR) is 101 cm³/mol. The van der Waals surface area contributed by atoms with Gasteiger partial charge in [-0.3, -0.25) is 4.79 Å². The minimum absolute atomic E-state index is 0.0236. The van der Waals surface area contributed by atoms with E-state index in [1.807, 2.05) is 29.8 Å². The minimum Gasteiger partial charge on any atom is -0.351 e. The van der Waals surface area contributed by atoms with Crippen LogP contribution in [0.1, 0.15) is 42.2 Å². The number of aryl methyl sites for hydroxylation is 3. The van der Waals surface area contributed by atoms with Crippen molar-refractivity contribution >= 4 is 16.8 Å². The largest absolute Gasteiger partial charge is 0.351 e. The SMILES string of the molecule is CCCCn1c(C(=O)NCCCn2ccnc2)c(C)c2ccccc21. The van der Waals surface area contributed by atoms with Crippen molar-refractivity contribution in [1.82, 2.24) is 19.4 Å². The number of nitrogens with one attached hydrogen (secondary N) is 1. The Kier molecular flexibility index (Phi) is 5.53. The Morgan fingerprint density at radius 1 is 1.20 bits per heavy atom. The molecule has 2 aromatic heterocycles. The molecule has 0 aliphatic heterocycles. The molecule has 0 bridgehead atoms. The van der Waals surface area contributed by atoms with Gasteiger partial charge in [-0.05, 0) is 31.4 Å². The third-order valence-electron chi connectivity index (χ3n) is 4.61. The summed E-state index contributed by atoms with van der Waals surface area (Å²) in [7, 11) is 0. The second-order valence-electron chi connectivity index (χ2n) is 6.41. The Morgan fingerprint density at radius 2 is 2.04 bits per heavy atom. The Hall–Kier alpha value is -2.56. The van der Waals surface area contributed by atoms with Gasteiger partial charge >= 0.3 is 0 Å². The molecular formula is C20H26N4O. The van der Waals surface area contributed by atoms with Crippen molar-refractivity contribution in [3.05, 3.63) is 54.2 Å². The van der Waals surface area contributed by atoms with Crippen molar-refractivity contribution in [3.63, 3.8) is 0 Å². The topological polar surface area (TPSA) is 51.9 Å². The number of amides is 1. The molecule has 3 rings (SSSR count). The number of benzene rings is 1. The first kappa shape index (κ1) is 17.3. The number of unbranched alkanes of at least 4 members (excludes halogenated alkanes) is 1. The van der Waals surface area contributed by atoms with Crippen LogP contribution in [0.4, 0.5) is 0 Å². The van der Waals surface area contributed by atoms with Gasteiger partial charge in [0.1, 0.15) is 5.69 Å². The van der Waals surface area contributed by atoms with Crippen LogP contribution in [-0.2, 0) is 13.1 Å². The van der Waals surface area contributed by atoms with E-state index in [1.165, 1.54) is 5.39 Å². The lowest BCUT2D eigenvalue weighted by Crippen LogP contribution is -2.28. The molecule has 1 N–H and O–H groups in total. The summed E-state index contributed by atoms with van der Waals surface area (Å²) in [5.74, 6) is 0.0236. The first-order valence-electron chi connectivity index (χ1n) is 9.04. The number of carbonyl (C=O) groups is 1. The number of nitrogens with zero attached hydrogens (tertiary/aromatic N) is 3. The predicted octanol–water partition coefficient (Wildman–Crippen LogP) is 3.77. The first-order chi connectivity index (χ1) is 12.2. The molecule has 0 radical (unpaired) electrons. The smallest absolute Gasteiger partial charge is 0.268 e. The van der Waals surface area contributed by atoms with Gasteiger partial charge in [-0.1, -0.05) is 31.5 Å². The fourth-order valence-electron chi connectivity index (χ4n) is 3.28. The number of imidazole rings is 1. The van der Waals surface area contributed by atoms with Crippen LogP contribution in [0.3, 0.4) is 0 Å². The van der Waals surface area contributed by atoms with Crippen molar-refractivity contribution in [1.29, 1.82) is 0 Å². The fourth-order valence-corrected chi connectivity index (χ4v) is 3.28. The molecule has 5 heteroatoms. The van der Waals surface area contributed by atoms with E-state index in [-0.39, 0.29) is 5.91 Å². The highest BCUT2D eigenvalue weighted by Gasteiger charge is 2.19. The average Bonchev–Trinajstić information content (AvgIpc) is 3.24. The van der Waals surface area contributed by atoms with E-state index in [9.17, 15) is 4.79 Å². The van der Waals surface area contributed by atoms with Crippen molar-refractivity contribution in [3.8, 4) is 0 Å². The molecule has 25 heavy (non-hydrogen) atoms. The normalized spacial score (nSPS) is 11.1. The highest BCUT2D eigenvalue weighted by Crippen LogP contribution is 2.26. The van der Waals surface area contributed by atoms with E-state index in [0.29, 0.717) is 6.54 Å². The molecule has 0 atom stereocenters. The van der Waals surface area contributed by atoms with E-state index in [2.05, 4.69) is 33.9 Å². The van der Waals surface area contributed by atoms with Crippen molar-refractivity contribution in [2.75, 3.05) is 6.54 Å². The van der Waals surface area contributed by atoms with Crippen LogP contribution in [-0.4, -0.2) is 26.6 Å². The molecular weight excluding hydrogens is 312 g/mol. The summed E-state index contributed by atoms with van der Waals surface area (Å²) in [6.07, 6.45) is 8.57. The maximum Gasteiger partial charge on any atom is 0.268 e. The van der Waals surface area contributed by atoms with Crippen LogP contribution in [0, 0.1) is 6.92 Å². The van der Waals surface area contributed by atoms with Crippen molar-refractivity contribution < 1.29 is 4.79 Å². The number of hydrogen-bond donors (Lipinski definition) is 1. The third-order valence-corrected chi connectivity index (χ3v) is 4.61. The van der Waals surface area contributed by atoms with Crippen LogP contribution in [0.15, 0.2) is 43.0 Å². The Bertz CT molecular complexity index is 833. The maximum absolute atomic E-state index is 12.8. The molecule has 132 valence electrons. The Morgan fingerprint density at radius 3 is 2.80 bits per heavy atom. The van der Waals surface area contributed by atoms with Gasteiger partial charge < -0.3 is 14.5 Å². The van der Waals surface area contributed by atoms with Crippen molar-refractivity contribution in [2.45, 2.75) is 46.2 Å². The van der Waals surface area contributed by atoms with Gasteiger partial charge in [0.25, 0.3) is 5.91 Å². The minimum atomic E-state index is 0.0236. The molecule has 2 heterocycles. The number of carbonyl (C=O) groups excluding carboxylic acids is 1. The number of para-hydroxylation sites is 1. The van der Waals surface area contributed by atoms with Crippen LogP contribution in [0.25, 0.3) is 10.9 Å². The van der Waals surface area contributed by atoms with Gasteiger partial charge in [-0.15, -0.1) is 0 Å². The van der Waals surface area contributed by atoms with Gasteiger partial charge in [0.15, 0.2) is 0 Å². The molecule has 1 amide bonds. The molecule has 0 fully saturated rings. The second kappa shape index (κ2) is 8.01. The van der Waals surface area contributed by atoms with Gasteiger partial charge in [-0.2, -0.15) is 0 Å². The zero-order chi connectivity index (χ0) is 17.6. The zero-order valence-corrected chi connectivity index (χ0v) is 15.0. The molecule has 0 saturated carbocycles. The molecule has 0 aliphatic carbocycles. The number of hydrogen-bond acceptors (Lipinski definition) is 2. The number of aromatic nitrogens is 3. The second-order valence-corrected chi connectivity index (χ2v) is 6.41. The van der Waals surface area contributed by atoms with Crippen LogP contribution in [0.5, 0.6) is 0 Å². The standard InChI is InChI=1S/C20H26N4O/c1-3-4-13-24-18-9-6-5-8-17(18)16(2)19(24)20(25)22-10-7-12-23-14-11-21-15-23/h5-6,8-9,11,14-15H,3-4,7,10,12-13H2,1-2H3,(H,22,25). The highest BCUT2D eigenvalue weighted by atomic mass is 16.1. The van der Waals surface area contributed by atoms with Gasteiger partial charge in [0, 0.05) is 42.9 Å². The summed E-state index contributed by atoms with van der Waals surface area (Å²) < 4.78 is 4.20. The van der Waals surface area contributed by atoms with Gasteiger partial charge in [-0.25, -0.2) is 4.98 Å². The third kappa shape index (κ3) is 3.76. The van der Waals surface area contributed by atoms with Crippen molar-refractivity contribution in [2.24, 2.45) is 0 Å². The van der Waals surface area contributed by atoms with Crippen LogP contribution >= 0.6 is 0 Å². The summed E-state index contributed by atoms with van der Waals surface area (Å²) >= 11 is 0. The molecule has 0 spiro atoms. The lowest BCUT2D eigenvalue weighted by Gasteiger charge is -2.11. The van der Waals surface area contributed by atoms with Crippen LogP contribution < -0.4 is 5.32 Å². The van der Waals surface area contributed by atoms with E-state index < -0.39 is 0 Å². The van der Waals surface area contributed by atoms with Gasteiger partial charge in [0.05, 0.1) is 6.33 Å². The molecule has 1 aromatic carbocycles. The van der Waals surface area contributed by atoms with E-state index in [1.54, 1.807) is 12.5 Å². The quantitative estimate of drug-likeness (QED) is 0.636. The monoisotopic (exact) mass is 338 g/mol. The number of rotatable bonds is 8. The first-order valence-corrected chi connectivity index (χ1v) is 9.04. The Labute approximate surface area is 148 Å². The molecule has 5 nitrogen and oxygen atoms in total. The summed E-state index contributed by atoms with van der Waals surface area (Å²) in [5, 5.41) is 4.26. The highest BCUT2D eigenvalue weighted by molar-refractivity contribution is 6.01. The van der Waals surface area contributed by atoms with E-state index in [0.717, 1.165) is 49.1 Å². The van der Waals surface area contributed by atoms with E-state index >= 15 is 0 Å². The summed E-state index contributed by atoms with van der Waals surface area (Å²) in [4.78, 5) is 16.9. The summed E-state index contributed by atoms with van der Waals surface area (Å²) in [6.45, 7) is 6.62. The molecule has 0 aliphatic rings. The van der Waals surface area contributed by atoms with E-state index in [4.69, 9.17) is 0 Å². The van der Waals surface area contributed by atoms with Gasteiger partial charge in [0.2, 0.25) is 0 Å². The summed E-state index contributed by atoms with van der Waals surface area (Å²) in [5.41, 5.74) is 3.02. The number of fused-ring (bicyclic) bond motifs is 1. The lowest BCUT2D eigenvalue weighted by molar-refractivity contribution is 0.0943. The lowest BCUT2D eigenvalue weighted by atomic mass is 10.1. The Balaban J connectivity index is 1.74. The molecule has 0 unspecified atom stereocenters. The molecule has 0 saturated heterocycles. The van der Waals surface area contributed by atoms with Crippen LogP contribution in [0.2, 0.25) is 0 Å². The summed E-state index contributed by atoms with van der Waals surface area (Å²) in [6, 6.07) is 8.28. The average molecular weight is 338 g/mol. The molecule has 3 aromatic rings. The fraction of sp³-hybridized carbons (Fsp3) is 0.400. The maximum atomic E-state index is 12.8. The zero-order valence-electron chi connectivity index (χ0n) is 15.0.